The molecular weight excluding hydrogens is 554 g/mol. The highest BCUT2D eigenvalue weighted by atomic mass is 35.5. The minimum atomic E-state index is -0.737. The lowest BCUT2D eigenvalue weighted by atomic mass is 9.63. The molecule has 0 bridgehead atoms. The molecule has 4 aromatic rings. The lowest BCUT2D eigenvalue weighted by molar-refractivity contribution is 0.120. The van der Waals surface area contributed by atoms with Crippen LogP contribution in [0.5, 0.6) is 5.88 Å². The second kappa shape index (κ2) is 10.8. The fourth-order valence-electron chi connectivity index (χ4n) is 6.78. The summed E-state index contributed by atoms with van der Waals surface area (Å²) in [5.74, 6) is 3.00. The van der Waals surface area contributed by atoms with Gasteiger partial charge in [-0.2, -0.15) is 0 Å². The van der Waals surface area contributed by atoms with Crippen molar-refractivity contribution in [2.45, 2.75) is 70.0 Å². The quantitative estimate of drug-likeness (QED) is 0.267. The number of fused-ring (bicyclic) bond motifs is 1. The van der Waals surface area contributed by atoms with Crippen molar-refractivity contribution in [1.29, 1.82) is 0 Å². The van der Waals surface area contributed by atoms with Crippen LogP contribution < -0.4 is 15.5 Å². The third-order valence-electron chi connectivity index (χ3n) is 9.21. The van der Waals surface area contributed by atoms with Crippen LogP contribution in [0.4, 0.5) is 4.79 Å². The van der Waals surface area contributed by atoms with Gasteiger partial charge in [0.2, 0.25) is 5.88 Å². The number of hydrogen-bond donors (Lipinski definition) is 2. The summed E-state index contributed by atoms with van der Waals surface area (Å²) in [6.45, 7) is 3.17. The molecule has 2 aliphatic carbocycles. The van der Waals surface area contributed by atoms with Gasteiger partial charge in [-0.25, -0.2) is 24.7 Å². The number of ether oxygens (including phenoxy) is 1. The van der Waals surface area contributed by atoms with Gasteiger partial charge in [0.1, 0.15) is 17.0 Å². The summed E-state index contributed by atoms with van der Waals surface area (Å²) in [5.41, 5.74) is 6.35. The third kappa shape index (κ3) is 4.66. The zero-order chi connectivity index (χ0) is 28.8. The number of carbonyl (C=O) groups is 1. The summed E-state index contributed by atoms with van der Waals surface area (Å²) in [6, 6.07) is 12.5. The lowest BCUT2D eigenvalue weighted by Crippen LogP contribution is -2.39. The van der Waals surface area contributed by atoms with Gasteiger partial charge in [-0.1, -0.05) is 68.1 Å². The monoisotopic (exact) mass is 587 g/mol. The SMILES string of the molecule is COc1ncc(Cl)cc1-c1nc(C2NOC(=O)N2)nc2nc(C3(c4ccccc4)CCC3)n(CC3CCC(C)CC3)c12. The Morgan fingerprint density at radius 2 is 1.90 bits per heavy atom. The van der Waals surface area contributed by atoms with Gasteiger partial charge in [-0.05, 0) is 49.1 Å². The van der Waals surface area contributed by atoms with Crippen LogP contribution in [0.25, 0.3) is 22.4 Å². The first-order chi connectivity index (χ1) is 20.4. The number of carbonyl (C=O) groups excluding carboxylic acids is 1. The zero-order valence-electron chi connectivity index (χ0n) is 23.8. The maximum Gasteiger partial charge on any atom is 0.427 e. The van der Waals surface area contributed by atoms with Gasteiger partial charge in [0.05, 0.1) is 23.1 Å². The van der Waals surface area contributed by atoms with E-state index in [9.17, 15) is 4.79 Å². The molecule has 0 radical (unpaired) electrons. The third-order valence-corrected chi connectivity index (χ3v) is 9.42. The van der Waals surface area contributed by atoms with Crippen LogP contribution in [-0.2, 0) is 16.8 Å². The van der Waals surface area contributed by atoms with Gasteiger partial charge in [0, 0.05) is 12.7 Å². The van der Waals surface area contributed by atoms with Crippen molar-refractivity contribution in [1.82, 2.24) is 35.3 Å². The summed E-state index contributed by atoms with van der Waals surface area (Å²) >= 11 is 6.49. The van der Waals surface area contributed by atoms with Crippen LogP contribution in [0.3, 0.4) is 0 Å². The molecule has 7 rings (SSSR count). The van der Waals surface area contributed by atoms with Gasteiger partial charge >= 0.3 is 6.09 Å². The molecule has 1 unspecified atom stereocenters. The molecule has 11 heteroatoms. The van der Waals surface area contributed by atoms with E-state index in [4.69, 9.17) is 36.1 Å². The number of pyridine rings is 1. The Morgan fingerprint density at radius 1 is 1.12 bits per heavy atom. The van der Waals surface area contributed by atoms with E-state index in [-0.39, 0.29) is 5.41 Å². The van der Waals surface area contributed by atoms with Gasteiger partial charge in [0.15, 0.2) is 17.6 Å². The number of hydroxylamine groups is 1. The molecule has 1 amide bonds. The number of amides is 1. The molecule has 218 valence electrons. The van der Waals surface area contributed by atoms with Crippen molar-refractivity contribution < 1.29 is 14.4 Å². The molecule has 3 fully saturated rings. The predicted octanol–water partition coefficient (Wildman–Crippen LogP) is 6.09. The number of nitrogens with one attached hydrogen (secondary N) is 2. The number of benzene rings is 1. The van der Waals surface area contributed by atoms with E-state index >= 15 is 0 Å². The number of imidazole rings is 1. The predicted molar refractivity (Wildman–Crippen MR) is 158 cm³/mol. The Balaban J connectivity index is 1.49. The van der Waals surface area contributed by atoms with E-state index in [2.05, 4.69) is 57.6 Å². The standard InChI is InChI=1S/C31H34ClN7O3/c1-18-9-11-19(12-10-18)17-39-24-23(22-15-21(32)16-33-28(22)41-2)34-26(27-37-30(40)42-38-27)35-25(24)36-29(39)31(13-6-14-31)20-7-4-3-5-8-20/h3-5,7-8,15-16,18-19,27,38H,6,9-14,17H2,1-2H3,(H,37,40). The van der Waals surface area contributed by atoms with Crippen molar-refractivity contribution in [3.05, 3.63) is 64.8 Å². The average Bonchev–Trinajstić information content (AvgIpc) is 3.57. The fourth-order valence-corrected chi connectivity index (χ4v) is 6.94. The fraction of sp³-hybridized carbons (Fsp3) is 0.452. The molecule has 2 saturated carbocycles. The zero-order valence-corrected chi connectivity index (χ0v) is 24.5. The van der Waals surface area contributed by atoms with Crippen molar-refractivity contribution in [3.8, 4) is 17.1 Å². The summed E-state index contributed by atoms with van der Waals surface area (Å²) in [4.78, 5) is 36.5. The Hall–Kier alpha value is -3.76. The van der Waals surface area contributed by atoms with Crippen LogP contribution in [0.2, 0.25) is 5.02 Å². The lowest BCUT2D eigenvalue weighted by Gasteiger charge is -2.42. The molecular formula is C31H34ClN7O3. The van der Waals surface area contributed by atoms with E-state index in [0.29, 0.717) is 39.5 Å². The first-order valence-corrected chi connectivity index (χ1v) is 15.1. The van der Waals surface area contributed by atoms with Crippen molar-refractivity contribution >= 4 is 28.9 Å². The molecule has 2 N–H and O–H groups in total. The molecule has 3 aliphatic rings. The van der Waals surface area contributed by atoms with Gasteiger partial charge in [-0.15, -0.1) is 5.48 Å². The molecule has 10 nitrogen and oxygen atoms in total. The number of halogens is 1. The van der Waals surface area contributed by atoms with E-state index in [0.717, 1.165) is 43.1 Å². The minimum Gasteiger partial charge on any atom is -0.481 e. The molecule has 4 heterocycles. The van der Waals surface area contributed by atoms with Gasteiger partial charge in [-0.3, -0.25) is 5.32 Å². The number of hydrogen-bond acceptors (Lipinski definition) is 8. The van der Waals surface area contributed by atoms with Crippen LogP contribution in [0, 0.1) is 11.8 Å². The maximum atomic E-state index is 11.9. The molecule has 1 saturated heterocycles. The topological polar surface area (TPSA) is 116 Å². The van der Waals surface area contributed by atoms with E-state index in [1.54, 1.807) is 13.3 Å². The molecule has 1 atom stereocenters. The molecule has 1 aromatic carbocycles. The molecule has 42 heavy (non-hydrogen) atoms. The Bertz CT molecular complexity index is 1630. The summed E-state index contributed by atoms with van der Waals surface area (Å²) in [5, 5.41) is 3.18. The normalized spacial score (nSPS) is 23.3. The van der Waals surface area contributed by atoms with Crippen LogP contribution in [0.15, 0.2) is 42.6 Å². The average molecular weight is 588 g/mol. The maximum absolute atomic E-state index is 11.9. The largest absolute Gasteiger partial charge is 0.481 e. The molecule has 0 spiro atoms. The summed E-state index contributed by atoms with van der Waals surface area (Å²) < 4.78 is 8.07. The van der Waals surface area contributed by atoms with Crippen LogP contribution in [-0.4, -0.2) is 37.7 Å². The van der Waals surface area contributed by atoms with Crippen LogP contribution >= 0.6 is 11.6 Å². The summed E-state index contributed by atoms with van der Waals surface area (Å²) in [7, 11) is 1.58. The number of nitrogens with zero attached hydrogens (tertiary/aromatic N) is 5. The molecule has 1 aliphatic heterocycles. The summed E-state index contributed by atoms with van der Waals surface area (Å²) in [6.07, 6.45) is 8.16. The van der Waals surface area contributed by atoms with Crippen molar-refractivity contribution in [2.24, 2.45) is 11.8 Å². The Labute approximate surface area is 249 Å². The number of aromatic nitrogens is 5. The highest BCUT2D eigenvalue weighted by Gasteiger charge is 2.45. The van der Waals surface area contributed by atoms with Gasteiger partial charge in [0.25, 0.3) is 0 Å². The molecule has 3 aromatic heterocycles. The first kappa shape index (κ1) is 27.1. The highest BCUT2D eigenvalue weighted by molar-refractivity contribution is 6.30. The number of rotatable bonds is 7. The number of methoxy groups -OCH3 is 1. The minimum absolute atomic E-state index is 0.221. The smallest absolute Gasteiger partial charge is 0.427 e. The Kier molecular flexibility index (Phi) is 6.98. The second-order valence-electron chi connectivity index (χ2n) is 11.9. The first-order valence-electron chi connectivity index (χ1n) is 14.7. The van der Waals surface area contributed by atoms with Crippen molar-refractivity contribution in [2.75, 3.05) is 7.11 Å². The van der Waals surface area contributed by atoms with Crippen LogP contribution in [0.1, 0.15) is 75.2 Å². The van der Waals surface area contributed by atoms with E-state index in [1.165, 1.54) is 31.2 Å². The highest BCUT2D eigenvalue weighted by Crippen LogP contribution is 2.50. The van der Waals surface area contributed by atoms with Gasteiger partial charge < -0.3 is 14.1 Å². The second-order valence-corrected chi connectivity index (χ2v) is 12.3. The Morgan fingerprint density at radius 3 is 2.57 bits per heavy atom. The van der Waals surface area contributed by atoms with E-state index in [1.807, 2.05) is 6.07 Å². The van der Waals surface area contributed by atoms with Crippen molar-refractivity contribution in [3.63, 3.8) is 0 Å². The van der Waals surface area contributed by atoms with E-state index < -0.39 is 12.3 Å².